The Kier molecular flexibility index (Phi) is 8.55. The van der Waals surface area contributed by atoms with E-state index in [2.05, 4.69) is 10.6 Å². The topological polar surface area (TPSA) is 108 Å². The molecule has 1 heterocycles. The number of hydrogen-bond donors (Lipinski definition) is 3. The first-order valence-corrected chi connectivity index (χ1v) is 11.5. The van der Waals surface area contributed by atoms with Crippen molar-refractivity contribution in [2.24, 2.45) is 0 Å². The van der Waals surface area contributed by atoms with Gasteiger partial charge in [0.15, 0.2) is 0 Å². The van der Waals surface area contributed by atoms with Crippen molar-refractivity contribution < 1.29 is 24.2 Å². The van der Waals surface area contributed by atoms with Crippen LogP contribution >= 0.6 is 12.4 Å². The third kappa shape index (κ3) is 5.29. The third-order valence-corrected chi connectivity index (χ3v) is 6.56. The standard InChI is InChI=1S/C27H29N3O5.ClH/c1-16(28-2)25(31)29-22-12-9-17-6-4-5-7-23(17)30(26(22)32)15-21-20-11-8-19(27(33)34)14-18(20)10-13-24(21)35-3;/h4-8,10-11,13-14,16,22,28H,9,12,15H2,1-3H3,(H,29,31)(H,33,34);1H/t16-,22-;/m0./s1. The van der Waals surface area contributed by atoms with Gasteiger partial charge in [-0.2, -0.15) is 0 Å². The van der Waals surface area contributed by atoms with Gasteiger partial charge in [-0.05, 0) is 67.4 Å². The van der Waals surface area contributed by atoms with Gasteiger partial charge >= 0.3 is 5.97 Å². The molecule has 2 amide bonds. The number of anilines is 1. The van der Waals surface area contributed by atoms with Gasteiger partial charge in [0, 0.05) is 11.3 Å². The minimum Gasteiger partial charge on any atom is -0.496 e. The van der Waals surface area contributed by atoms with E-state index in [-0.39, 0.29) is 36.3 Å². The van der Waals surface area contributed by atoms with Gasteiger partial charge in [0.05, 0.1) is 25.3 Å². The molecule has 8 nitrogen and oxygen atoms in total. The molecule has 0 aromatic heterocycles. The zero-order valence-electron chi connectivity index (χ0n) is 20.4. The first kappa shape index (κ1) is 27.0. The molecule has 0 saturated heterocycles. The van der Waals surface area contributed by atoms with Crippen molar-refractivity contribution in [3.8, 4) is 5.75 Å². The van der Waals surface area contributed by atoms with Crippen LogP contribution in [0.4, 0.5) is 5.69 Å². The molecule has 4 rings (SSSR count). The number of fused-ring (bicyclic) bond motifs is 2. The predicted octanol–water partition coefficient (Wildman–Crippen LogP) is 3.54. The summed E-state index contributed by atoms with van der Waals surface area (Å²) in [5.74, 6) is -0.844. The lowest BCUT2D eigenvalue weighted by Gasteiger charge is -2.28. The van der Waals surface area contributed by atoms with Crippen LogP contribution in [0.3, 0.4) is 0 Å². The minimum absolute atomic E-state index is 0. The van der Waals surface area contributed by atoms with Crippen LogP contribution in [0, 0.1) is 0 Å². The molecule has 0 aliphatic carbocycles. The highest BCUT2D eigenvalue weighted by Crippen LogP contribution is 2.34. The van der Waals surface area contributed by atoms with Crippen molar-refractivity contribution in [2.45, 2.75) is 38.4 Å². The van der Waals surface area contributed by atoms with E-state index in [1.807, 2.05) is 30.3 Å². The van der Waals surface area contributed by atoms with Crippen molar-refractivity contribution in [3.63, 3.8) is 0 Å². The molecule has 190 valence electrons. The highest BCUT2D eigenvalue weighted by atomic mass is 35.5. The fraction of sp³-hybridized carbons (Fsp3) is 0.296. The van der Waals surface area contributed by atoms with E-state index in [0.29, 0.717) is 18.6 Å². The second-order valence-electron chi connectivity index (χ2n) is 8.65. The van der Waals surface area contributed by atoms with Crippen molar-refractivity contribution in [3.05, 3.63) is 71.3 Å². The Labute approximate surface area is 216 Å². The number of carboxylic acid groups (broad SMARTS) is 1. The van der Waals surface area contributed by atoms with Crippen molar-refractivity contribution in [2.75, 3.05) is 19.1 Å². The molecule has 2 atom stereocenters. The summed E-state index contributed by atoms with van der Waals surface area (Å²) in [5.41, 5.74) is 2.76. The maximum atomic E-state index is 13.8. The number of aromatic carboxylic acids is 1. The van der Waals surface area contributed by atoms with Crippen molar-refractivity contribution >= 4 is 46.7 Å². The zero-order chi connectivity index (χ0) is 25.1. The molecule has 0 spiro atoms. The van der Waals surface area contributed by atoms with Crippen molar-refractivity contribution in [1.29, 1.82) is 0 Å². The normalized spacial score (nSPS) is 15.9. The summed E-state index contributed by atoms with van der Waals surface area (Å²) in [4.78, 5) is 39.6. The van der Waals surface area contributed by atoms with Gasteiger partial charge in [0.25, 0.3) is 0 Å². The number of nitrogens with one attached hydrogen (secondary N) is 2. The molecule has 3 aromatic carbocycles. The van der Waals surface area contributed by atoms with Crippen LogP contribution in [0.25, 0.3) is 10.8 Å². The van der Waals surface area contributed by atoms with E-state index >= 15 is 0 Å². The summed E-state index contributed by atoms with van der Waals surface area (Å²) < 4.78 is 5.63. The molecule has 36 heavy (non-hydrogen) atoms. The summed E-state index contributed by atoms with van der Waals surface area (Å²) in [6.45, 7) is 1.95. The number of carboxylic acids is 1. The summed E-state index contributed by atoms with van der Waals surface area (Å²) in [6, 6.07) is 15.1. The molecule has 0 radical (unpaired) electrons. The summed E-state index contributed by atoms with van der Waals surface area (Å²) in [7, 11) is 3.26. The number of carbonyl (C=O) groups is 3. The first-order chi connectivity index (χ1) is 16.8. The number of amides is 2. The van der Waals surface area contributed by atoms with E-state index in [1.165, 1.54) is 0 Å². The Morgan fingerprint density at radius 3 is 2.61 bits per heavy atom. The van der Waals surface area contributed by atoms with Crippen LogP contribution in [0.15, 0.2) is 54.6 Å². The number of ether oxygens (including phenoxy) is 1. The van der Waals surface area contributed by atoms with Gasteiger partial charge in [0.1, 0.15) is 11.8 Å². The number of halogens is 1. The second-order valence-corrected chi connectivity index (χ2v) is 8.65. The average molecular weight is 512 g/mol. The van der Waals surface area contributed by atoms with Gasteiger partial charge in [-0.25, -0.2) is 4.79 Å². The number of para-hydroxylation sites is 1. The highest BCUT2D eigenvalue weighted by molar-refractivity contribution is 6.02. The van der Waals surface area contributed by atoms with E-state index < -0.39 is 18.1 Å². The SMILES string of the molecule is CN[C@@H](C)C(=O)N[C@H]1CCc2ccccc2N(Cc2c(OC)ccc3cc(C(=O)O)ccc23)C1=O.Cl. The van der Waals surface area contributed by atoms with Crippen LogP contribution in [0.2, 0.25) is 0 Å². The van der Waals surface area contributed by atoms with Crippen LogP contribution in [0.5, 0.6) is 5.75 Å². The molecule has 3 aromatic rings. The molecule has 3 N–H and O–H groups in total. The lowest BCUT2D eigenvalue weighted by molar-refractivity contribution is -0.128. The van der Waals surface area contributed by atoms with Gasteiger partial charge in [-0.1, -0.05) is 30.3 Å². The third-order valence-electron chi connectivity index (χ3n) is 6.56. The van der Waals surface area contributed by atoms with Crippen LogP contribution in [0.1, 0.15) is 34.8 Å². The molecular formula is C27H30ClN3O5. The average Bonchev–Trinajstić information content (AvgIpc) is 3.00. The minimum atomic E-state index is -1.00. The fourth-order valence-corrected chi connectivity index (χ4v) is 4.46. The molecule has 0 unspecified atom stereocenters. The van der Waals surface area contributed by atoms with Crippen LogP contribution < -0.4 is 20.3 Å². The molecule has 0 bridgehead atoms. The Balaban J connectivity index is 0.00000361. The van der Waals surface area contributed by atoms with E-state index in [0.717, 1.165) is 27.6 Å². The number of hydrogen-bond acceptors (Lipinski definition) is 5. The molecule has 0 saturated carbocycles. The van der Waals surface area contributed by atoms with Crippen molar-refractivity contribution in [1.82, 2.24) is 10.6 Å². The monoisotopic (exact) mass is 511 g/mol. The number of aryl methyl sites for hydroxylation is 1. The summed E-state index contributed by atoms with van der Waals surface area (Å²) in [5, 5.41) is 16.7. The smallest absolute Gasteiger partial charge is 0.335 e. The van der Waals surface area contributed by atoms with Crippen LogP contribution in [-0.4, -0.2) is 49.1 Å². The van der Waals surface area contributed by atoms with Crippen LogP contribution in [-0.2, 0) is 22.6 Å². The largest absolute Gasteiger partial charge is 0.496 e. The van der Waals surface area contributed by atoms with E-state index in [9.17, 15) is 19.5 Å². The quantitative estimate of drug-likeness (QED) is 0.448. The molecule has 9 heteroatoms. The summed E-state index contributed by atoms with van der Waals surface area (Å²) in [6.07, 6.45) is 1.13. The lowest BCUT2D eigenvalue weighted by Crippen LogP contribution is -2.52. The Morgan fingerprint density at radius 2 is 1.92 bits per heavy atom. The van der Waals surface area contributed by atoms with Gasteiger partial charge in [-0.3, -0.25) is 9.59 Å². The lowest BCUT2D eigenvalue weighted by atomic mass is 10.00. The number of benzene rings is 3. The predicted molar refractivity (Wildman–Crippen MR) is 141 cm³/mol. The Hall–Kier alpha value is -3.62. The maximum absolute atomic E-state index is 13.8. The molecule has 1 aliphatic heterocycles. The fourth-order valence-electron chi connectivity index (χ4n) is 4.46. The molecular weight excluding hydrogens is 482 g/mol. The number of methoxy groups -OCH3 is 1. The van der Waals surface area contributed by atoms with E-state index in [4.69, 9.17) is 4.74 Å². The van der Waals surface area contributed by atoms with Gasteiger partial charge < -0.3 is 25.4 Å². The number of rotatable bonds is 7. The van der Waals surface area contributed by atoms with Gasteiger partial charge in [0.2, 0.25) is 11.8 Å². The highest BCUT2D eigenvalue weighted by Gasteiger charge is 2.33. The van der Waals surface area contributed by atoms with E-state index in [1.54, 1.807) is 50.2 Å². The number of nitrogens with zero attached hydrogens (tertiary/aromatic N) is 1. The number of likely N-dealkylation sites (N-methyl/N-ethyl adjacent to an activating group) is 1. The maximum Gasteiger partial charge on any atom is 0.335 e. The summed E-state index contributed by atoms with van der Waals surface area (Å²) >= 11 is 0. The number of carbonyl (C=O) groups excluding carboxylic acids is 2. The Bertz CT molecular complexity index is 1300. The first-order valence-electron chi connectivity index (χ1n) is 11.5. The molecule has 1 aliphatic rings. The second kappa shape index (κ2) is 11.4. The van der Waals surface area contributed by atoms with Gasteiger partial charge in [-0.15, -0.1) is 12.4 Å². The zero-order valence-corrected chi connectivity index (χ0v) is 21.2. The molecule has 0 fully saturated rings. The Morgan fingerprint density at radius 1 is 1.17 bits per heavy atom.